The summed E-state index contributed by atoms with van der Waals surface area (Å²) in [5, 5.41) is 3.10. The second kappa shape index (κ2) is 3.48. The van der Waals surface area contributed by atoms with E-state index in [2.05, 4.69) is 5.32 Å². The molecule has 0 aromatic rings. The van der Waals surface area contributed by atoms with Gasteiger partial charge in [0.05, 0.1) is 0 Å². The van der Waals surface area contributed by atoms with Crippen LogP contribution >= 0.6 is 0 Å². The van der Waals surface area contributed by atoms with Crippen LogP contribution in [0, 0.1) is 5.41 Å². The number of hydrogen-bond donors (Lipinski definition) is 1. The molecule has 0 aromatic carbocycles. The summed E-state index contributed by atoms with van der Waals surface area (Å²) in [6.07, 6.45) is -0.288. The molecule has 1 aliphatic rings. The summed E-state index contributed by atoms with van der Waals surface area (Å²) in [7, 11) is 0. The topological polar surface area (TPSA) is 12.0 Å². The number of nitrogens with one attached hydrogen (secondary N) is 1. The lowest BCUT2D eigenvalue weighted by Crippen LogP contribution is -2.40. The maximum absolute atomic E-state index is 12.5. The number of hydrogen-bond acceptors (Lipinski definition) is 1. The molecule has 0 aromatic heterocycles. The SMILES string of the molecule is CCC1(C(F)F)CCNCC1. The van der Waals surface area contributed by atoms with Crippen molar-refractivity contribution in [3.63, 3.8) is 0 Å². The Morgan fingerprint density at radius 2 is 1.91 bits per heavy atom. The van der Waals surface area contributed by atoms with E-state index in [1.807, 2.05) is 6.92 Å². The normalized spacial score (nSPS) is 24.0. The van der Waals surface area contributed by atoms with Crippen LogP contribution in [0.15, 0.2) is 0 Å². The molecule has 0 radical (unpaired) electrons. The van der Waals surface area contributed by atoms with Gasteiger partial charge < -0.3 is 5.32 Å². The molecule has 0 spiro atoms. The summed E-state index contributed by atoms with van der Waals surface area (Å²) in [5.74, 6) is 0. The van der Waals surface area contributed by atoms with Crippen LogP contribution in [-0.2, 0) is 0 Å². The minimum absolute atomic E-state index is 0.604. The van der Waals surface area contributed by atoms with Crippen molar-refractivity contribution in [3.05, 3.63) is 0 Å². The van der Waals surface area contributed by atoms with Crippen LogP contribution < -0.4 is 5.32 Å². The van der Waals surface area contributed by atoms with Gasteiger partial charge in [0.2, 0.25) is 6.43 Å². The first-order valence-electron chi connectivity index (χ1n) is 4.20. The van der Waals surface area contributed by atoms with Crippen molar-refractivity contribution < 1.29 is 8.78 Å². The second-order valence-electron chi connectivity index (χ2n) is 3.27. The average molecular weight is 163 g/mol. The highest BCUT2D eigenvalue weighted by atomic mass is 19.3. The van der Waals surface area contributed by atoms with E-state index in [4.69, 9.17) is 0 Å². The minimum atomic E-state index is -2.14. The van der Waals surface area contributed by atoms with Gasteiger partial charge >= 0.3 is 0 Å². The third-order valence-corrected chi connectivity index (χ3v) is 2.77. The first kappa shape index (κ1) is 8.91. The van der Waals surface area contributed by atoms with Gasteiger partial charge in [0, 0.05) is 5.41 Å². The Labute approximate surface area is 66.2 Å². The molecular formula is C8H15F2N. The van der Waals surface area contributed by atoms with Gasteiger partial charge in [0.1, 0.15) is 0 Å². The van der Waals surface area contributed by atoms with Crippen LogP contribution in [0.5, 0.6) is 0 Å². The van der Waals surface area contributed by atoms with E-state index >= 15 is 0 Å². The third kappa shape index (κ3) is 1.70. The number of piperidine rings is 1. The molecule has 3 heteroatoms. The lowest BCUT2D eigenvalue weighted by molar-refractivity contribution is -0.0291. The van der Waals surface area contributed by atoms with Crippen LogP contribution in [0.1, 0.15) is 26.2 Å². The molecule has 1 nitrogen and oxygen atoms in total. The molecule has 0 unspecified atom stereocenters. The maximum atomic E-state index is 12.5. The summed E-state index contributed by atoms with van der Waals surface area (Å²) in [5.41, 5.74) is -0.675. The zero-order chi connectivity index (χ0) is 8.32. The summed E-state index contributed by atoms with van der Waals surface area (Å²) in [4.78, 5) is 0. The van der Waals surface area contributed by atoms with Gasteiger partial charge in [-0.1, -0.05) is 6.92 Å². The molecule has 66 valence electrons. The fourth-order valence-corrected chi connectivity index (χ4v) is 1.65. The van der Waals surface area contributed by atoms with Gasteiger partial charge in [0.15, 0.2) is 0 Å². The Morgan fingerprint density at radius 3 is 2.18 bits per heavy atom. The molecule has 0 aliphatic carbocycles. The van der Waals surface area contributed by atoms with Crippen LogP contribution in [0.3, 0.4) is 0 Å². The van der Waals surface area contributed by atoms with Crippen molar-refractivity contribution in [1.82, 2.24) is 5.32 Å². The molecule has 0 bridgehead atoms. The van der Waals surface area contributed by atoms with Crippen molar-refractivity contribution >= 4 is 0 Å². The average Bonchev–Trinajstić information content (AvgIpc) is 2.05. The van der Waals surface area contributed by atoms with Crippen LogP contribution in [0.25, 0.3) is 0 Å². The highest BCUT2D eigenvalue weighted by Gasteiger charge is 2.38. The van der Waals surface area contributed by atoms with Gasteiger partial charge in [-0.15, -0.1) is 0 Å². The van der Waals surface area contributed by atoms with Crippen molar-refractivity contribution in [3.8, 4) is 0 Å². The van der Waals surface area contributed by atoms with Gasteiger partial charge in [-0.25, -0.2) is 8.78 Å². The first-order valence-corrected chi connectivity index (χ1v) is 4.20. The number of alkyl halides is 2. The Kier molecular flexibility index (Phi) is 2.82. The van der Waals surface area contributed by atoms with Gasteiger partial charge in [-0.3, -0.25) is 0 Å². The van der Waals surface area contributed by atoms with E-state index in [0.717, 1.165) is 13.1 Å². The molecule has 0 saturated carbocycles. The first-order chi connectivity index (χ1) is 5.21. The molecular weight excluding hydrogens is 148 g/mol. The third-order valence-electron chi connectivity index (χ3n) is 2.77. The fraction of sp³-hybridized carbons (Fsp3) is 1.00. The van der Waals surface area contributed by atoms with Crippen LogP contribution in [0.2, 0.25) is 0 Å². The van der Waals surface area contributed by atoms with E-state index in [-0.39, 0.29) is 0 Å². The van der Waals surface area contributed by atoms with Crippen molar-refractivity contribution in [2.45, 2.75) is 32.6 Å². The Bertz CT molecular complexity index is 119. The predicted molar refractivity (Wildman–Crippen MR) is 40.8 cm³/mol. The molecule has 1 fully saturated rings. The highest BCUT2D eigenvalue weighted by molar-refractivity contribution is 4.85. The predicted octanol–water partition coefficient (Wildman–Crippen LogP) is 2.03. The Balaban J connectivity index is 2.57. The zero-order valence-corrected chi connectivity index (χ0v) is 6.87. The molecule has 1 aliphatic heterocycles. The van der Waals surface area contributed by atoms with Gasteiger partial charge in [-0.2, -0.15) is 0 Å². The van der Waals surface area contributed by atoms with E-state index in [0.29, 0.717) is 19.3 Å². The summed E-state index contributed by atoms with van der Waals surface area (Å²) >= 11 is 0. The Hall–Kier alpha value is -0.180. The summed E-state index contributed by atoms with van der Waals surface area (Å²) < 4.78 is 25.1. The minimum Gasteiger partial charge on any atom is -0.317 e. The van der Waals surface area contributed by atoms with Crippen LogP contribution in [-0.4, -0.2) is 19.5 Å². The fourth-order valence-electron chi connectivity index (χ4n) is 1.65. The van der Waals surface area contributed by atoms with Crippen molar-refractivity contribution in [2.75, 3.05) is 13.1 Å². The molecule has 0 atom stereocenters. The quantitative estimate of drug-likeness (QED) is 0.656. The highest BCUT2D eigenvalue weighted by Crippen LogP contribution is 2.38. The molecule has 1 N–H and O–H groups in total. The number of rotatable bonds is 2. The smallest absolute Gasteiger partial charge is 0.244 e. The Morgan fingerprint density at radius 1 is 1.36 bits per heavy atom. The lowest BCUT2D eigenvalue weighted by atomic mass is 9.77. The lowest BCUT2D eigenvalue weighted by Gasteiger charge is -2.35. The molecule has 1 rings (SSSR count). The monoisotopic (exact) mass is 163 g/mol. The van der Waals surface area contributed by atoms with E-state index in [1.165, 1.54) is 0 Å². The van der Waals surface area contributed by atoms with Crippen LogP contribution in [0.4, 0.5) is 8.78 Å². The van der Waals surface area contributed by atoms with Crippen molar-refractivity contribution in [1.29, 1.82) is 0 Å². The molecule has 11 heavy (non-hydrogen) atoms. The van der Waals surface area contributed by atoms with E-state index in [1.54, 1.807) is 0 Å². The van der Waals surface area contributed by atoms with E-state index in [9.17, 15) is 8.78 Å². The second-order valence-corrected chi connectivity index (χ2v) is 3.27. The standard InChI is InChI=1S/C8H15F2N/c1-2-8(7(9)10)3-5-11-6-4-8/h7,11H,2-6H2,1H3. The van der Waals surface area contributed by atoms with Crippen molar-refractivity contribution in [2.24, 2.45) is 5.41 Å². The van der Waals surface area contributed by atoms with Gasteiger partial charge in [0.25, 0.3) is 0 Å². The molecule has 1 saturated heterocycles. The largest absolute Gasteiger partial charge is 0.317 e. The number of halogens is 2. The molecule has 0 amide bonds. The van der Waals surface area contributed by atoms with Gasteiger partial charge in [-0.05, 0) is 32.4 Å². The maximum Gasteiger partial charge on any atom is 0.244 e. The van der Waals surface area contributed by atoms with E-state index < -0.39 is 11.8 Å². The molecule has 1 heterocycles. The summed E-state index contributed by atoms with van der Waals surface area (Å²) in [6, 6.07) is 0. The summed E-state index contributed by atoms with van der Waals surface area (Å²) in [6.45, 7) is 3.36. The zero-order valence-electron chi connectivity index (χ0n) is 6.87.